The van der Waals surface area contributed by atoms with E-state index in [9.17, 15) is 9.59 Å². The molecule has 0 radical (unpaired) electrons. The van der Waals surface area contributed by atoms with Crippen LogP contribution < -0.4 is 15.0 Å². The number of fused-ring (bicyclic) bond motifs is 1. The van der Waals surface area contributed by atoms with E-state index in [1.165, 1.54) is 6.08 Å². The molecule has 0 unspecified atom stereocenters. The molecule has 1 aliphatic heterocycles. The molecule has 3 rings (SSSR count). The van der Waals surface area contributed by atoms with E-state index in [4.69, 9.17) is 27.9 Å². The number of carbonyl (C=O) groups excluding carboxylic acids is 2. The zero-order valence-electron chi connectivity index (χ0n) is 14.2. The summed E-state index contributed by atoms with van der Waals surface area (Å²) in [5, 5.41) is 3.74. The van der Waals surface area contributed by atoms with Crippen molar-refractivity contribution in [1.29, 1.82) is 0 Å². The smallest absolute Gasteiger partial charge is 0.265 e. The lowest BCUT2D eigenvalue weighted by atomic mass is 10.2. The van der Waals surface area contributed by atoms with Gasteiger partial charge in [0.15, 0.2) is 6.61 Å². The van der Waals surface area contributed by atoms with Crippen molar-refractivity contribution in [3.8, 4) is 5.75 Å². The Labute approximate surface area is 166 Å². The monoisotopic (exact) mass is 402 g/mol. The van der Waals surface area contributed by atoms with E-state index in [2.05, 4.69) is 11.9 Å². The van der Waals surface area contributed by atoms with Crippen molar-refractivity contribution in [3.05, 3.63) is 70.7 Å². The molecular weight excluding hydrogens is 387 g/mol. The van der Waals surface area contributed by atoms with Crippen LogP contribution in [0.3, 0.4) is 0 Å². The van der Waals surface area contributed by atoms with E-state index < -0.39 is 0 Å². The van der Waals surface area contributed by atoms with Gasteiger partial charge >= 0.3 is 0 Å². The highest BCUT2D eigenvalue weighted by atomic mass is 35.5. The Morgan fingerprint density at radius 1 is 1.26 bits per heavy atom. The summed E-state index contributed by atoms with van der Waals surface area (Å²) < 4.78 is 5.47. The normalized spacial score (nSPS) is 13.3. The maximum atomic E-state index is 12.2. The van der Waals surface area contributed by atoms with Crippen molar-refractivity contribution in [2.24, 2.45) is 0 Å². The summed E-state index contributed by atoms with van der Waals surface area (Å²) in [4.78, 5) is 25.7. The van der Waals surface area contributed by atoms with Crippen molar-refractivity contribution in [2.75, 3.05) is 23.4 Å². The second-order valence-corrected chi connectivity index (χ2v) is 6.60. The zero-order chi connectivity index (χ0) is 19.4. The predicted octanol–water partition coefficient (Wildman–Crippen LogP) is 4.56. The molecular formula is C20H16Cl2N2O3. The van der Waals surface area contributed by atoms with Gasteiger partial charge in [0, 0.05) is 34.4 Å². The fourth-order valence-electron chi connectivity index (χ4n) is 2.60. The largest absolute Gasteiger partial charge is 0.481 e. The molecule has 138 valence electrons. The standard InChI is InChI=1S/C20H16Cl2N2O3/c1-2-9-24-17-7-6-15(11-18(17)27-12-20(24)26)23-19(25)8-4-13-3-5-14(21)10-16(13)22/h2-8,10-11H,1,9,12H2,(H,23,25)/b8-4+. The van der Waals surface area contributed by atoms with Gasteiger partial charge in [0.25, 0.3) is 5.91 Å². The Bertz CT molecular complexity index is 941. The van der Waals surface area contributed by atoms with Crippen LogP contribution in [-0.2, 0) is 9.59 Å². The van der Waals surface area contributed by atoms with E-state index in [1.807, 2.05) is 0 Å². The molecule has 0 spiro atoms. The van der Waals surface area contributed by atoms with Gasteiger partial charge in [-0.3, -0.25) is 9.59 Å². The fourth-order valence-corrected chi connectivity index (χ4v) is 3.07. The van der Waals surface area contributed by atoms with Gasteiger partial charge in [0.05, 0.1) is 5.69 Å². The van der Waals surface area contributed by atoms with Gasteiger partial charge < -0.3 is 15.0 Å². The molecule has 1 aliphatic rings. The Hall–Kier alpha value is -2.76. The molecule has 0 saturated carbocycles. The minimum atomic E-state index is -0.323. The third-order valence-corrected chi connectivity index (χ3v) is 4.42. The molecule has 2 aromatic carbocycles. The van der Waals surface area contributed by atoms with Gasteiger partial charge in [-0.25, -0.2) is 0 Å². The number of carbonyl (C=O) groups is 2. The number of ether oxygens (including phenoxy) is 1. The van der Waals surface area contributed by atoms with E-state index in [0.29, 0.717) is 39.3 Å². The van der Waals surface area contributed by atoms with Crippen molar-refractivity contribution < 1.29 is 14.3 Å². The van der Waals surface area contributed by atoms with Crippen LogP contribution in [0.5, 0.6) is 5.75 Å². The lowest BCUT2D eigenvalue weighted by Gasteiger charge is -2.28. The van der Waals surface area contributed by atoms with E-state index in [0.717, 1.165) is 0 Å². The zero-order valence-corrected chi connectivity index (χ0v) is 15.8. The lowest BCUT2D eigenvalue weighted by molar-refractivity contribution is -0.121. The summed E-state index contributed by atoms with van der Waals surface area (Å²) in [6, 6.07) is 10.1. The van der Waals surface area contributed by atoms with Gasteiger partial charge in [0.2, 0.25) is 5.91 Å². The van der Waals surface area contributed by atoms with Crippen LogP contribution >= 0.6 is 23.2 Å². The van der Waals surface area contributed by atoms with Crippen LogP contribution in [0, 0.1) is 0 Å². The van der Waals surface area contributed by atoms with Crippen LogP contribution in [0.2, 0.25) is 10.0 Å². The van der Waals surface area contributed by atoms with Crippen molar-refractivity contribution in [2.45, 2.75) is 0 Å². The first-order valence-electron chi connectivity index (χ1n) is 8.10. The highest BCUT2D eigenvalue weighted by Gasteiger charge is 2.24. The summed E-state index contributed by atoms with van der Waals surface area (Å²) in [5.41, 5.74) is 1.88. The molecule has 5 nitrogen and oxygen atoms in total. The number of hydrogen-bond acceptors (Lipinski definition) is 3. The Morgan fingerprint density at radius 3 is 2.81 bits per heavy atom. The van der Waals surface area contributed by atoms with Gasteiger partial charge in [-0.1, -0.05) is 35.3 Å². The van der Waals surface area contributed by atoms with Crippen molar-refractivity contribution >= 4 is 52.5 Å². The Balaban J connectivity index is 1.72. The number of nitrogens with zero attached hydrogens (tertiary/aromatic N) is 1. The first kappa shape index (κ1) is 19.0. The van der Waals surface area contributed by atoms with Crippen LogP contribution in [0.25, 0.3) is 6.08 Å². The minimum absolute atomic E-state index is 0.0484. The van der Waals surface area contributed by atoms with Gasteiger partial charge in [-0.15, -0.1) is 6.58 Å². The Kier molecular flexibility index (Phi) is 5.84. The highest BCUT2D eigenvalue weighted by Crippen LogP contribution is 2.34. The highest BCUT2D eigenvalue weighted by molar-refractivity contribution is 6.35. The molecule has 2 amide bonds. The van der Waals surface area contributed by atoms with Crippen molar-refractivity contribution in [3.63, 3.8) is 0 Å². The number of nitrogens with one attached hydrogen (secondary N) is 1. The fraction of sp³-hybridized carbons (Fsp3) is 0.100. The van der Waals surface area contributed by atoms with Gasteiger partial charge in [-0.05, 0) is 35.9 Å². The molecule has 2 aromatic rings. The van der Waals surface area contributed by atoms with E-state index in [1.54, 1.807) is 53.5 Å². The number of rotatable bonds is 5. The lowest BCUT2D eigenvalue weighted by Crippen LogP contribution is -2.38. The second kappa shape index (κ2) is 8.29. The SMILES string of the molecule is C=CCN1C(=O)COc2cc(NC(=O)/C=C/c3ccc(Cl)cc3Cl)ccc21. The van der Waals surface area contributed by atoms with Crippen molar-refractivity contribution in [1.82, 2.24) is 0 Å². The third kappa shape index (κ3) is 4.51. The van der Waals surface area contributed by atoms with Crippen LogP contribution in [0.1, 0.15) is 5.56 Å². The number of hydrogen-bond donors (Lipinski definition) is 1. The molecule has 0 fully saturated rings. The van der Waals surface area contributed by atoms with E-state index >= 15 is 0 Å². The molecule has 1 N–H and O–H groups in total. The molecule has 0 bridgehead atoms. The summed E-state index contributed by atoms with van der Waals surface area (Å²) in [7, 11) is 0. The van der Waals surface area contributed by atoms with Gasteiger partial charge in [-0.2, -0.15) is 0 Å². The molecule has 0 aliphatic carbocycles. The second-order valence-electron chi connectivity index (χ2n) is 5.75. The molecule has 1 heterocycles. The van der Waals surface area contributed by atoms with Gasteiger partial charge in [0.1, 0.15) is 5.75 Å². The quantitative estimate of drug-likeness (QED) is 0.589. The Morgan fingerprint density at radius 2 is 2.07 bits per heavy atom. The topological polar surface area (TPSA) is 58.6 Å². The summed E-state index contributed by atoms with van der Waals surface area (Å²) in [5.74, 6) is 0.0664. The minimum Gasteiger partial charge on any atom is -0.481 e. The molecule has 0 saturated heterocycles. The first-order valence-corrected chi connectivity index (χ1v) is 8.86. The average Bonchev–Trinajstić information content (AvgIpc) is 2.63. The number of anilines is 2. The van der Waals surface area contributed by atoms with E-state index in [-0.39, 0.29) is 18.4 Å². The number of amides is 2. The molecule has 0 atom stereocenters. The van der Waals surface area contributed by atoms with Crippen LogP contribution in [0.15, 0.2) is 55.1 Å². The average molecular weight is 403 g/mol. The maximum Gasteiger partial charge on any atom is 0.265 e. The third-order valence-electron chi connectivity index (χ3n) is 3.86. The molecule has 27 heavy (non-hydrogen) atoms. The number of halogens is 2. The maximum absolute atomic E-state index is 12.2. The summed E-state index contributed by atoms with van der Waals surface area (Å²) in [6.45, 7) is 4.01. The number of benzene rings is 2. The molecule has 7 heteroatoms. The predicted molar refractivity (Wildman–Crippen MR) is 109 cm³/mol. The summed E-state index contributed by atoms with van der Waals surface area (Å²) in [6.07, 6.45) is 4.63. The first-order chi connectivity index (χ1) is 13.0. The molecule has 0 aromatic heterocycles. The van der Waals surface area contributed by atoms with Crippen LogP contribution in [-0.4, -0.2) is 25.0 Å². The summed E-state index contributed by atoms with van der Waals surface area (Å²) >= 11 is 11.9. The van der Waals surface area contributed by atoms with Crippen LogP contribution in [0.4, 0.5) is 11.4 Å².